The first-order valence-corrected chi connectivity index (χ1v) is 8.79. The standard InChI is InChI=1S/C15H19O4Si/c1-5-20(4,6-2)14-9-7-13(8-10-14)15(16)19-18-12-11-17-3/h5-10,12H,1-2,11H2,3-4H3. The van der Waals surface area contributed by atoms with E-state index >= 15 is 0 Å². The summed E-state index contributed by atoms with van der Waals surface area (Å²) >= 11 is 0. The van der Waals surface area contributed by atoms with E-state index in [1.807, 2.05) is 23.5 Å². The van der Waals surface area contributed by atoms with Crippen LogP contribution in [-0.2, 0) is 14.5 Å². The molecule has 1 aromatic carbocycles. The lowest BCUT2D eigenvalue weighted by Crippen LogP contribution is -2.40. The molecule has 1 aromatic rings. The summed E-state index contributed by atoms with van der Waals surface area (Å²) in [4.78, 5) is 20.9. The maximum Gasteiger partial charge on any atom is 0.373 e. The number of carbonyl (C=O) groups is 1. The Kier molecular flexibility index (Phi) is 6.37. The molecule has 0 bridgehead atoms. The van der Waals surface area contributed by atoms with Crippen molar-refractivity contribution in [2.45, 2.75) is 6.55 Å². The second-order valence-corrected chi connectivity index (χ2v) is 8.32. The zero-order valence-corrected chi connectivity index (χ0v) is 12.8. The number of methoxy groups -OCH3 is 1. The van der Waals surface area contributed by atoms with Gasteiger partial charge in [-0.25, -0.2) is 4.79 Å². The Morgan fingerprint density at radius 1 is 1.25 bits per heavy atom. The van der Waals surface area contributed by atoms with Gasteiger partial charge in [0, 0.05) is 7.11 Å². The topological polar surface area (TPSA) is 44.8 Å². The van der Waals surface area contributed by atoms with Crippen LogP contribution >= 0.6 is 0 Å². The van der Waals surface area contributed by atoms with Crippen LogP contribution in [0.2, 0.25) is 6.55 Å². The van der Waals surface area contributed by atoms with Gasteiger partial charge in [0.1, 0.15) is 8.07 Å². The molecule has 1 radical (unpaired) electrons. The summed E-state index contributed by atoms with van der Waals surface area (Å²) in [5.74, 6) is -0.551. The highest BCUT2D eigenvalue weighted by Crippen LogP contribution is 2.08. The summed E-state index contributed by atoms with van der Waals surface area (Å²) < 4.78 is 4.72. The SMILES string of the molecule is C=C[Si](C)(C=C)c1ccc(C(=O)OO[CH]COC)cc1. The number of benzene rings is 1. The molecule has 0 saturated heterocycles. The molecule has 4 nitrogen and oxygen atoms in total. The van der Waals surface area contributed by atoms with E-state index in [1.54, 1.807) is 12.1 Å². The van der Waals surface area contributed by atoms with E-state index in [-0.39, 0.29) is 6.61 Å². The van der Waals surface area contributed by atoms with Crippen molar-refractivity contribution >= 4 is 19.2 Å². The Labute approximate surface area is 120 Å². The van der Waals surface area contributed by atoms with Crippen LogP contribution in [0.15, 0.2) is 48.8 Å². The van der Waals surface area contributed by atoms with Gasteiger partial charge in [-0.1, -0.05) is 35.3 Å². The van der Waals surface area contributed by atoms with Gasteiger partial charge < -0.3 is 4.74 Å². The molecule has 5 heteroatoms. The molecule has 20 heavy (non-hydrogen) atoms. The molecule has 0 unspecified atom stereocenters. The summed E-state index contributed by atoms with van der Waals surface area (Å²) in [5.41, 5.74) is 4.30. The fraction of sp³-hybridized carbons (Fsp3) is 0.200. The number of carbonyl (C=O) groups excluding carboxylic acids is 1. The number of rotatable bonds is 8. The predicted octanol–water partition coefficient (Wildman–Crippen LogP) is 2.32. The second-order valence-electron chi connectivity index (χ2n) is 4.36. The van der Waals surface area contributed by atoms with Crippen molar-refractivity contribution in [3.63, 3.8) is 0 Å². The van der Waals surface area contributed by atoms with Gasteiger partial charge in [0.05, 0.1) is 12.2 Å². The molecular formula is C15H19O4Si. The van der Waals surface area contributed by atoms with Gasteiger partial charge in [0.15, 0.2) is 6.61 Å². The largest absolute Gasteiger partial charge is 0.382 e. The highest BCUT2D eigenvalue weighted by atomic mass is 28.3. The van der Waals surface area contributed by atoms with Crippen molar-refractivity contribution in [2.75, 3.05) is 13.7 Å². The van der Waals surface area contributed by atoms with Gasteiger partial charge in [-0.2, -0.15) is 4.89 Å². The first-order valence-electron chi connectivity index (χ1n) is 6.13. The van der Waals surface area contributed by atoms with Crippen molar-refractivity contribution in [1.29, 1.82) is 0 Å². The van der Waals surface area contributed by atoms with Crippen molar-refractivity contribution < 1.29 is 19.3 Å². The van der Waals surface area contributed by atoms with Crippen molar-refractivity contribution in [1.82, 2.24) is 0 Å². The molecule has 0 spiro atoms. The molecule has 0 aromatic heterocycles. The van der Waals surface area contributed by atoms with E-state index in [2.05, 4.69) is 29.5 Å². The third-order valence-electron chi connectivity index (χ3n) is 3.02. The van der Waals surface area contributed by atoms with Crippen LogP contribution in [-0.4, -0.2) is 27.8 Å². The van der Waals surface area contributed by atoms with Gasteiger partial charge in [0.2, 0.25) is 0 Å². The van der Waals surface area contributed by atoms with E-state index in [0.29, 0.717) is 5.56 Å². The van der Waals surface area contributed by atoms with Gasteiger partial charge in [-0.3, -0.25) is 4.89 Å². The molecule has 0 fully saturated rings. The minimum absolute atomic E-state index is 0.245. The molecule has 1 rings (SSSR count). The van der Waals surface area contributed by atoms with E-state index in [0.717, 1.165) is 5.19 Å². The van der Waals surface area contributed by atoms with E-state index in [4.69, 9.17) is 4.74 Å². The molecule has 0 N–H and O–H groups in total. The van der Waals surface area contributed by atoms with Crippen LogP contribution in [0.4, 0.5) is 0 Å². The third kappa shape index (κ3) is 4.16. The van der Waals surface area contributed by atoms with Gasteiger partial charge in [-0.15, -0.1) is 13.2 Å². The van der Waals surface area contributed by atoms with Crippen molar-refractivity contribution in [2.24, 2.45) is 0 Å². The quantitative estimate of drug-likeness (QED) is 0.319. The number of hydrogen-bond acceptors (Lipinski definition) is 4. The van der Waals surface area contributed by atoms with Crippen LogP contribution in [0, 0.1) is 6.61 Å². The molecule has 0 amide bonds. The van der Waals surface area contributed by atoms with E-state index < -0.39 is 14.0 Å². The molecular weight excluding hydrogens is 272 g/mol. The Morgan fingerprint density at radius 3 is 2.35 bits per heavy atom. The summed E-state index contributed by atoms with van der Waals surface area (Å²) in [7, 11) is -0.331. The zero-order chi connectivity index (χ0) is 15.0. The smallest absolute Gasteiger partial charge is 0.373 e. The predicted molar refractivity (Wildman–Crippen MR) is 80.8 cm³/mol. The van der Waals surface area contributed by atoms with Gasteiger partial charge in [0.25, 0.3) is 0 Å². The van der Waals surface area contributed by atoms with Crippen LogP contribution < -0.4 is 5.19 Å². The van der Waals surface area contributed by atoms with Crippen LogP contribution in [0.3, 0.4) is 0 Å². The van der Waals surface area contributed by atoms with Crippen LogP contribution in [0.1, 0.15) is 10.4 Å². The molecule has 107 valence electrons. The van der Waals surface area contributed by atoms with Crippen molar-refractivity contribution in [3.8, 4) is 0 Å². The fourth-order valence-electron chi connectivity index (χ4n) is 1.51. The molecule has 0 aliphatic rings. The average molecular weight is 291 g/mol. The lowest BCUT2D eigenvalue weighted by Gasteiger charge is -2.18. The summed E-state index contributed by atoms with van der Waals surface area (Å²) in [6.45, 7) is 11.3. The Hall–Kier alpha value is -1.69. The van der Waals surface area contributed by atoms with E-state index in [9.17, 15) is 4.79 Å². The Morgan fingerprint density at radius 2 is 1.85 bits per heavy atom. The summed E-state index contributed by atoms with van der Waals surface area (Å²) in [6.07, 6.45) is 0. The summed E-state index contributed by atoms with van der Waals surface area (Å²) in [6, 6.07) is 7.20. The highest BCUT2D eigenvalue weighted by molar-refractivity contribution is 6.98. The minimum Gasteiger partial charge on any atom is -0.382 e. The first-order chi connectivity index (χ1) is 9.57. The van der Waals surface area contributed by atoms with Crippen molar-refractivity contribution in [3.05, 3.63) is 61.0 Å². The molecule has 0 heterocycles. The Bertz CT molecular complexity index is 459. The molecule has 0 saturated carbocycles. The Balaban J connectivity index is 2.69. The van der Waals surface area contributed by atoms with Crippen LogP contribution in [0.25, 0.3) is 0 Å². The highest BCUT2D eigenvalue weighted by Gasteiger charge is 2.22. The first kappa shape index (κ1) is 16.4. The third-order valence-corrected chi connectivity index (χ3v) is 6.29. The summed E-state index contributed by atoms with van der Waals surface area (Å²) in [5, 5.41) is 1.13. The molecule has 0 aliphatic carbocycles. The second kappa shape index (κ2) is 7.79. The van der Waals surface area contributed by atoms with Gasteiger partial charge in [-0.05, 0) is 12.1 Å². The maximum absolute atomic E-state index is 11.7. The number of ether oxygens (including phenoxy) is 1. The number of hydrogen-bond donors (Lipinski definition) is 0. The monoisotopic (exact) mass is 291 g/mol. The lowest BCUT2D eigenvalue weighted by molar-refractivity contribution is -0.217. The van der Waals surface area contributed by atoms with Crippen LogP contribution in [0.5, 0.6) is 0 Å². The minimum atomic E-state index is -1.85. The normalized spacial score (nSPS) is 10.9. The maximum atomic E-state index is 11.7. The zero-order valence-electron chi connectivity index (χ0n) is 11.8. The molecule has 0 atom stereocenters. The van der Waals surface area contributed by atoms with E-state index in [1.165, 1.54) is 13.7 Å². The molecule has 0 aliphatic heterocycles. The van der Waals surface area contributed by atoms with Gasteiger partial charge >= 0.3 is 5.97 Å². The lowest BCUT2D eigenvalue weighted by atomic mass is 10.2. The fourth-order valence-corrected chi connectivity index (χ4v) is 3.03. The average Bonchev–Trinajstić information content (AvgIpc) is 2.50.